The zero-order valence-electron chi connectivity index (χ0n) is 17.0. The third-order valence-corrected chi connectivity index (χ3v) is 3.96. The van der Waals surface area contributed by atoms with Crippen LogP contribution in [0.15, 0.2) is 27.8 Å². The summed E-state index contributed by atoms with van der Waals surface area (Å²) in [7, 11) is 0. The molecular weight excluding hydrogens is 342 g/mol. The van der Waals surface area contributed by atoms with Crippen LogP contribution in [0.3, 0.4) is 0 Å². The van der Waals surface area contributed by atoms with Crippen LogP contribution >= 0.6 is 0 Å². The van der Waals surface area contributed by atoms with Crippen molar-refractivity contribution in [3.8, 4) is 5.88 Å². The molecule has 0 amide bonds. The number of rotatable bonds is 9. The molecule has 0 aromatic carbocycles. The number of aliphatic imine (C=N–C) groups is 1. The molecule has 0 aliphatic rings. The van der Waals surface area contributed by atoms with Gasteiger partial charge in [-0.25, -0.2) is 9.98 Å². The van der Waals surface area contributed by atoms with Crippen LogP contribution in [0.1, 0.15) is 57.2 Å². The summed E-state index contributed by atoms with van der Waals surface area (Å²) in [5, 5.41) is 10.8. The molecular formula is C20H31N5O2. The highest BCUT2D eigenvalue weighted by molar-refractivity contribution is 5.79. The van der Waals surface area contributed by atoms with Gasteiger partial charge in [-0.05, 0) is 32.8 Å². The predicted molar refractivity (Wildman–Crippen MR) is 107 cm³/mol. The summed E-state index contributed by atoms with van der Waals surface area (Å²) in [4.78, 5) is 8.97. The summed E-state index contributed by atoms with van der Waals surface area (Å²) < 4.78 is 11.0. The third-order valence-electron chi connectivity index (χ3n) is 3.96. The lowest BCUT2D eigenvalue weighted by molar-refractivity contribution is 0.232. The Bertz CT molecular complexity index is 701. The summed E-state index contributed by atoms with van der Waals surface area (Å²) in [5.41, 5.74) is 3.15. The van der Waals surface area contributed by atoms with Crippen LogP contribution in [0.4, 0.5) is 0 Å². The maximum Gasteiger partial charge on any atom is 0.213 e. The molecule has 27 heavy (non-hydrogen) atoms. The van der Waals surface area contributed by atoms with E-state index in [1.807, 2.05) is 32.9 Å². The molecule has 0 saturated carbocycles. The van der Waals surface area contributed by atoms with Gasteiger partial charge in [0.05, 0.1) is 18.3 Å². The van der Waals surface area contributed by atoms with E-state index in [2.05, 4.69) is 39.6 Å². The van der Waals surface area contributed by atoms with Crippen molar-refractivity contribution in [1.29, 1.82) is 0 Å². The van der Waals surface area contributed by atoms with Gasteiger partial charge in [-0.1, -0.05) is 25.1 Å². The highest BCUT2D eigenvalue weighted by Gasteiger charge is 2.13. The molecule has 2 aromatic rings. The van der Waals surface area contributed by atoms with Gasteiger partial charge in [0.25, 0.3) is 0 Å². The standard InChI is InChI=1S/C20H31N5O2/c1-6-17-16(18(7-2)27-25-17)13-24-20(21-8-3)23-12-15-9-10-19(22-11-15)26-14(4)5/h9-11,14H,6-8,12-13H2,1-5H3,(H2,21,23,24). The second-order valence-corrected chi connectivity index (χ2v) is 6.46. The first-order valence-electron chi connectivity index (χ1n) is 9.67. The topological polar surface area (TPSA) is 84.6 Å². The number of nitrogens with one attached hydrogen (secondary N) is 2. The Morgan fingerprint density at radius 1 is 1.19 bits per heavy atom. The summed E-state index contributed by atoms with van der Waals surface area (Å²) in [6.07, 6.45) is 3.60. The number of hydrogen-bond acceptors (Lipinski definition) is 5. The van der Waals surface area contributed by atoms with Crippen molar-refractivity contribution in [3.63, 3.8) is 0 Å². The van der Waals surface area contributed by atoms with Gasteiger partial charge in [0.1, 0.15) is 5.76 Å². The first-order chi connectivity index (χ1) is 13.1. The van der Waals surface area contributed by atoms with Gasteiger partial charge in [0, 0.05) is 37.3 Å². The van der Waals surface area contributed by atoms with E-state index in [0.717, 1.165) is 47.9 Å². The van der Waals surface area contributed by atoms with Gasteiger partial charge in [-0.15, -0.1) is 0 Å². The number of ether oxygens (including phenoxy) is 1. The lowest BCUT2D eigenvalue weighted by atomic mass is 10.1. The molecule has 2 aromatic heterocycles. The summed E-state index contributed by atoms with van der Waals surface area (Å²) in [6, 6.07) is 3.87. The average molecular weight is 374 g/mol. The Balaban J connectivity index is 2.01. The first kappa shape index (κ1) is 20.7. The normalized spacial score (nSPS) is 11.7. The Kier molecular flexibility index (Phi) is 8.10. The van der Waals surface area contributed by atoms with Crippen molar-refractivity contribution in [3.05, 3.63) is 40.9 Å². The van der Waals surface area contributed by atoms with E-state index >= 15 is 0 Å². The molecule has 0 bridgehead atoms. The Hall–Kier alpha value is -2.57. The third kappa shape index (κ3) is 6.27. The van der Waals surface area contributed by atoms with Gasteiger partial charge in [-0.3, -0.25) is 0 Å². The van der Waals surface area contributed by atoms with Gasteiger partial charge in [0.15, 0.2) is 5.96 Å². The minimum Gasteiger partial charge on any atom is -0.475 e. The molecule has 2 N–H and O–H groups in total. The molecule has 0 spiro atoms. The van der Waals surface area contributed by atoms with Crippen LogP contribution in [-0.2, 0) is 25.9 Å². The van der Waals surface area contributed by atoms with Crippen LogP contribution in [0.2, 0.25) is 0 Å². The minimum atomic E-state index is 0.115. The molecule has 7 heteroatoms. The van der Waals surface area contributed by atoms with Gasteiger partial charge >= 0.3 is 0 Å². The highest BCUT2D eigenvalue weighted by Crippen LogP contribution is 2.15. The molecule has 0 aliphatic heterocycles. The minimum absolute atomic E-state index is 0.115. The molecule has 148 valence electrons. The molecule has 0 aliphatic carbocycles. The number of aryl methyl sites for hydroxylation is 2. The number of nitrogens with zero attached hydrogens (tertiary/aromatic N) is 3. The summed E-state index contributed by atoms with van der Waals surface area (Å²) in [5.74, 6) is 2.32. The number of hydrogen-bond donors (Lipinski definition) is 2. The van der Waals surface area contributed by atoms with E-state index < -0.39 is 0 Å². The summed E-state index contributed by atoms with van der Waals surface area (Å²) in [6.45, 7) is 12.1. The van der Waals surface area contributed by atoms with Crippen LogP contribution in [0.5, 0.6) is 5.88 Å². The van der Waals surface area contributed by atoms with E-state index in [1.54, 1.807) is 6.20 Å². The van der Waals surface area contributed by atoms with E-state index in [1.165, 1.54) is 0 Å². The number of aromatic nitrogens is 2. The van der Waals surface area contributed by atoms with Crippen molar-refractivity contribution >= 4 is 5.96 Å². The number of guanidine groups is 1. The quantitative estimate of drug-likeness (QED) is 0.518. The van der Waals surface area contributed by atoms with Crippen molar-refractivity contribution in [2.24, 2.45) is 4.99 Å². The van der Waals surface area contributed by atoms with Crippen LogP contribution in [0, 0.1) is 0 Å². The fourth-order valence-electron chi connectivity index (χ4n) is 2.64. The van der Waals surface area contributed by atoms with Crippen molar-refractivity contribution in [1.82, 2.24) is 20.8 Å². The summed E-state index contributed by atoms with van der Waals surface area (Å²) >= 11 is 0. The van der Waals surface area contributed by atoms with Crippen LogP contribution < -0.4 is 15.4 Å². The maximum atomic E-state index is 5.57. The molecule has 0 atom stereocenters. The zero-order chi connectivity index (χ0) is 19.6. The van der Waals surface area contributed by atoms with Crippen molar-refractivity contribution < 1.29 is 9.26 Å². The average Bonchev–Trinajstić information content (AvgIpc) is 3.06. The molecule has 2 rings (SSSR count). The second-order valence-electron chi connectivity index (χ2n) is 6.46. The highest BCUT2D eigenvalue weighted by atomic mass is 16.5. The molecule has 0 radical (unpaired) electrons. The van der Waals surface area contributed by atoms with Crippen LogP contribution in [0.25, 0.3) is 0 Å². The Morgan fingerprint density at radius 3 is 2.59 bits per heavy atom. The molecule has 0 fully saturated rings. The molecule has 0 saturated heterocycles. The Labute approximate surface area is 161 Å². The van der Waals surface area contributed by atoms with Crippen molar-refractivity contribution in [2.45, 2.75) is 66.7 Å². The van der Waals surface area contributed by atoms with E-state index in [-0.39, 0.29) is 6.10 Å². The smallest absolute Gasteiger partial charge is 0.213 e. The zero-order valence-corrected chi connectivity index (χ0v) is 17.0. The van der Waals surface area contributed by atoms with E-state index in [0.29, 0.717) is 19.0 Å². The van der Waals surface area contributed by atoms with Gasteiger partial charge in [-0.2, -0.15) is 0 Å². The second kappa shape index (κ2) is 10.5. The predicted octanol–water partition coefficient (Wildman–Crippen LogP) is 3.24. The van der Waals surface area contributed by atoms with Gasteiger partial charge in [0.2, 0.25) is 5.88 Å². The van der Waals surface area contributed by atoms with E-state index in [9.17, 15) is 0 Å². The maximum absolute atomic E-state index is 5.57. The SMILES string of the molecule is CCNC(=NCc1ccc(OC(C)C)nc1)NCc1c(CC)noc1CC. The fraction of sp³-hybridized carbons (Fsp3) is 0.550. The molecule has 2 heterocycles. The monoisotopic (exact) mass is 373 g/mol. The Morgan fingerprint density at radius 2 is 2.00 bits per heavy atom. The first-order valence-corrected chi connectivity index (χ1v) is 9.67. The van der Waals surface area contributed by atoms with Gasteiger partial charge < -0.3 is 19.9 Å². The fourth-order valence-corrected chi connectivity index (χ4v) is 2.64. The van der Waals surface area contributed by atoms with E-state index in [4.69, 9.17) is 9.26 Å². The van der Waals surface area contributed by atoms with Crippen molar-refractivity contribution in [2.75, 3.05) is 6.54 Å². The largest absolute Gasteiger partial charge is 0.475 e. The van der Waals surface area contributed by atoms with Crippen LogP contribution in [-0.4, -0.2) is 28.7 Å². The molecule has 0 unspecified atom stereocenters. The lowest BCUT2D eigenvalue weighted by Crippen LogP contribution is -2.37. The number of pyridine rings is 1. The lowest BCUT2D eigenvalue weighted by Gasteiger charge is -2.12. The molecule has 7 nitrogen and oxygen atoms in total.